The minimum Gasteiger partial charge on any atom is -0.372 e. The van der Waals surface area contributed by atoms with Crippen molar-refractivity contribution in [2.24, 2.45) is 5.73 Å². The lowest BCUT2D eigenvalue weighted by atomic mass is 10.1. The maximum atomic E-state index is 12.0. The third kappa shape index (κ3) is 4.94. The van der Waals surface area contributed by atoms with E-state index in [-0.39, 0.29) is 37.1 Å². The van der Waals surface area contributed by atoms with Crippen LogP contribution in [0.1, 0.15) is 13.8 Å². The molecule has 126 valence electrons. The maximum absolute atomic E-state index is 12.0. The molecule has 0 radical (unpaired) electrons. The summed E-state index contributed by atoms with van der Waals surface area (Å²) in [6, 6.07) is 7.62. The Hall–Kier alpha value is -2.12. The van der Waals surface area contributed by atoms with Gasteiger partial charge in [0, 0.05) is 13.1 Å². The molecule has 1 saturated heterocycles. The average Bonchev–Trinajstić information content (AvgIpc) is 2.52. The molecule has 2 atom stereocenters. The first kappa shape index (κ1) is 17.2. The largest absolute Gasteiger partial charge is 0.372 e. The number of carbonyl (C=O) groups is 2. The molecule has 1 aromatic rings. The summed E-state index contributed by atoms with van der Waals surface area (Å²) in [5, 5.41) is 5.30. The van der Waals surface area contributed by atoms with E-state index in [2.05, 4.69) is 15.5 Å². The Morgan fingerprint density at radius 3 is 2.52 bits per heavy atom. The van der Waals surface area contributed by atoms with Gasteiger partial charge in [0.1, 0.15) is 0 Å². The number of ether oxygens (including phenoxy) is 1. The van der Waals surface area contributed by atoms with Crippen LogP contribution in [-0.2, 0) is 14.3 Å². The van der Waals surface area contributed by atoms with Gasteiger partial charge in [0.05, 0.1) is 36.7 Å². The smallest absolute Gasteiger partial charge is 0.243 e. The molecule has 0 aromatic heterocycles. The predicted octanol–water partition coefficient (Wildman–Crippen LogP) is 0.314. The molecule has 2 rings (SSSR count). The van der Waals surface area contributed by atoms with Gasteiger partial charge in [0.25, 0.3) is 0 Å². The first-order chi connectivity index (χ1) is 11.0. The second kappa shape index (κ2) is 7.94. The van der Waals surface area contributed by atoms with Crippen molar-refractivity contribution >= 4 is 23.2 Å². The highest BCUT2D eigenvalue weighted by molar-refractivity contribution is 5.97. The van der Waals surface area contributed by atoms with Crippen molar-refractivity contribution in [3.05, 3.63) is 24.3 Å². The van der Waals surface area contributed by atoms with E-state index in [0.29, 0.717) is 0 Å². The van der Waals surface area contributed by atoms with Gasteiger partial charge in [-0.3, -0.25) is 9.59 Å². The number of morpholine rings is 1. The van der Waals surface area contributed by atoms with Crippen LogP contribution in [0.2, 0.25) is 0 Å². The Bertz CT molecular complexity index is 554. The molecule has 0 saturated carbocycles. The summed E-state index contributed by atoms with van der Waals surface area (Å²) in [6.45, 7) is 5.37. The summed E-state index contributed by atoms with van der Waals surface area (Å²) in [7, 11) is 0. The molecular formula is C16H24N4O3. The van der Waals surface area contributed by atoms with Crippen LogP contribution in [0.15, 0.2) is 24.3 Å². The van der Waals surface area contributed by atoms with Gasteiger partial charge in [-0.15, -0.1) is 0 Å². The first-order valence-electron chi connectivity index (χ1n) is 7.75. The van der Waals surface area contributed by atoms with Crippen LogP contribution in [0.4, 0.5) is 11.4 Å². The quantitative estimate of drug-likeness (QED) is 0.726. The SMILES string of the molecule is CC1CN(c2ccccc2NC(=O)CNC(=O)CN)CC(C)O1. The second-order valence-corrected chi connectivity index (χ2v) is 5.71. The number of carbonyl (C=O) groups excluding carboxylic acids is 2. The Kier molecular flexibility index (Phi) is 5.95. The molecule has 1 heterocycles. The molecule has 1 aliphatic rings. The number of anilines is 2. The molecule has 0 aliphatic carbocycles. The highest BCUT2D eigenvalue weighted by atomic mass is 16.5. The number of nitrogens with two attached hydrogens (primary N) is 1. The van der Waals surface area contributed by atoms with Crippen molar-refractivity contribution in [2.75, 3.05) is 36.4 Å². The molecule has 1 aromatic carbocycles. The molecule has 7 heteroatoms. The Morgan fingerprint density at radius 1 is 1.22 bits per heavy atom. The van der Waals surface area contributed by atoms with Gasteiger partial charge in [-0.25, -0.2) is 0 Å². The minimum atomic E-state index is -0.357. The average molecular weight is 320 g/mol. The van der Waals surface area contributed by atoms with E-state index >= 15 is 0 Å². The lowest BCUT2D eigenvalue weighted by molar-refractivity contribution is -0.123. The van der Waals surface area contributed by atoms with Crippen molar-refractivity contribution < 1.29 is 14.3 Å². The second-order valence-electron chi connectivity index (χ2n) is 5.71. The molecular weight excluding hydrogens is 296 g/mol. The molecule has 2 unspecified atom stereocenters. The molecule has 7 nitrogen and oxygen atoms in total. The summed E-state index contributed by atoms with van der Waals surface area (Å²) in [5.74, 6) is -0.641. The number of nitrogens with zero attached hydrogens (tertiary/aromatic N) is 1. The Morgan fingerprint density at radius 2 is 1.87 bits per heavy atom. The van der Waals surface area contributed by atoms with Gasteiger partial charge in [0.2, 0.25) is 11.8 Å². The number of nitrogens with one attached hydrogen (secondary N) is 2. The lowest BCUT2D eigenvalue weighted by Gasteiger charge is -2.37. The molecule has 1 aliphatic heterocycles. The normalized spacial score (nSPS) is 20.9. The fraction of sp³-hybridized carbons (Fsp3) is 0.500. The summed E-state index contributed by atoms with van der Waals surface area (Å²) in [5.41, 5.74) is 6.87. The fourth-order valence-corrected chi connectivity index (χ4v) is 2.68. The van der Waals surface area contributed by atoms with E-state index in [1.165, 1.54) is 0 Å². The summed E-state index contributed by atoms with van der Waals surface area (Å²) in [6.07, 6.45) is 0.262. The minimum absolute atomic E-state index is 0.0969. The van der Waals surface area contributed by atoms with Crippen molar-refractivity contribution in [2.45, 2.75) is 26.1 Å². The van der Waals surface area contributed by atoms with Crippen molar-refractivity contribution in [3.63, 3.8) is 0 Å². The van der Waals surface area contributed by atoms with Gasteiger partial charge in [-0.2, -0.15) is 0 Å². The van der Waals surface area contributed by atoms with Crippen LogP contribution in [0, 0.1) is 0 Å². The third-order valence-electron chi connectivity index (χ3n) is 3.57. The van der Waals surface area contributed by atoms with Crippen molar-refractivity contribution in [1.82, 2.24) is 5.32 Å². The van der Waals surface area contributed by atoms with Gasteiger partial charge in [-0.05, 0) is 26.0 Å². The van der Waals surface area contributed by atoms with Crippen LogP contribution in [0.25, 0.3) is 0 Å². The highest BCUT2D eigenvalue weighted by Gasteiger charge is 2.24. The molecule has 0 spiro atoms. The molecule has 2 amide bonds. The van der Waals surface area contributed by atoms with Crippen LogP contribution in [-0.4, -0.2) is 50.2 Å². The summed E-state index contributed by atoms with van der Waals surface area (Å²) in [4.78, 5) is 25.3. The van der Waals surface area contributed by atoms with Gasteiger partial charge < -0.3 is 26.0 Å². The number of para-hydroxylation sites is 2. The molecule has 4 N–H and O–H groups in total. The van der Waals surface area contributed by atoms with Crippen LogP contribution in [0.3, 0.4) is 0 Å². The van der Waals surface area contributed by atoms with Crippen molar-refractivity contribution in [1.29, 1.82) is 0 Å². The summed E-state index contributed by atoms with van der Waals surface area (Å²) >= 11 is 0. The highest BCUT2D eigenvalue weighted by Crippen LogP contribution is 2.28. The van der Waals surface area contributed by atoms with Gasteiger partial charge in [0.15, 0.2) is 0 Å². The lowest BCUT2D eigenvalue weighted by Crippen LogP contribution is -2.45. The number of rotatable bonds is 5. The van der Waals surface area contributed by atoms with E-state index in [0.717, 1.165) is 24.5 Å². The van der Waals surface area contributed by atoms with Crippen LogP contribution in [0.5, 0.6) is 0 Å². The molecule has 0 bridgehead atoms. The zero-order valence-electron chi connectivity index (χ0n) is 13.5. The molecule has 23 heavy (non-hydrogen) atoms. The van der Waals surface area contributed by atoms with Crippen LogP contribution >= 0.6 is 0 Å². The van der Waals surface area contributed by atoms with E-state index in [1.54, 1.807) is 0 Å². The zero-order chi connectivity index (χ0) is 16.8. The van der Waals surface area contributed by atoms with Gasteiger partial charge >= 0.3 is 0 Å². The number of benzene rings is 1. The zero-order valence-corrected chi connectivity index (χ0v) is 13.5. The number of hydrogen-bond donors (Lipinski definition) is 3. The number of amides is 2. The van der Waals surface area contributed by atoms with E-state index in [1.807, 2.05) is 38.1 Å². The summed E-state index contributed by atoms with van der Waals surface area (Å²) < 4.78 is 5.75. The van der Waals surface area contributed by atoms with Gasteiger partial charge in [-0.1, -0.05) is 12.1 Å². The van der Waals surface area contributed by atoms with E-state index < -0.39 is 0 Å². The predicted molar refractivity (Wildman–Crippen MR) is 89.4 cm³/mol. The first-order valence-corrected chi connectivity index (χ1v) is 7.75. The monoisotopic (exact) mass is 320 g/mol. The standard InChI is InChI=1S/C16H24N4O3/c1-11-9-20(10-12(2)23-11)14-6-4-3-5-13(14)19-16(22)8-18-15(21)7-17/h3-6,11-12H,7-10,17H2,1-2H3,(H,18,21)(H,19,22). The number of hydrogen-bond acceptors (Lipinski definition) is 5. The fourth-order valence-electron chi connectivity index (χ4n) is 2.68. The van der Waals surface area contributed by atoms with Crippen molar-refractivity contribution in [3.8, 4) is 0 Å². The maximum Gasteiger partial charge on any atom is 0.243 e. The van der Waals surface area contributed by atoms with Crippen LogP contribution < -0.4 is 21.3 Å². The Balaban J connectivity index is 2.05. The Labute approximate surface area is 136 Å². The molecule has 1 fully saturated rings. The van der Waals surface area contributed by atoms with E-state index in [9.17, 15) is 9.59 Å². The topological polar surface area (TPSA) is 96.7 Å². The third-order valence-corrected chi connectivity index (χ3v) is 3.57. The van der Waals surface area contributed by atoms with E-state index in [4.69, 9.17) is 10.5 Å².